The molecule has 0 bridgehead atoms. The molecule has 1 aliphatic carbocycles. The van der Waals surface area contributed by atoms with Crippen LogP contribution in [0.1, 0.15) is 95.8 Å². The van der Waals surface area contributed by atoms with Crippen LogP contribution in [0.2, 0.25) is 0 Å². The first-order valence-electron chi connectivity index (χ1n) is 23.4. The zero-order chi connectivity index (χ0) is 49.0. The molecule has 1 aromatic heterocycles. The van der Waals surface area contributed by atoms with Gasteiger partial charge in [-0.25, -0.2) is 9.37 Å². The number of piperidine rings is 2. The van der Waals surface area contributed by atoms with Crippen molar-refractivity contribution < 1.29 is 56.1 Å². The van der Waals surface area contributed by atoms with Gasteiger partial charge >= 0.3 is 5.92 Å². The second-order valence-corrected chi connectivity index (χ2v) is 18.0. The molecule has 2 unspecified atom stereocenters. The summed E-state index contributed by atoms with van der Waals surface area (Å²) in [4.78, 5) is 90.3. The van der Waals surface area contributed by atoms with Crippen molar-refractivity contribution in [3.8, 4) is 5.75 Å². The number of benzene rings is 2. The molecule has 5 aliphatic rings. The Hall–Kier alpha value is -6.39. The van der Waals surface area contributed by atoms with Crippen LogP contribution in [0.5, 0.6) is 5.75 Å². The number of nitrogens with one attached hydrogen (secondary N) is 4. The number of anilines is 5. The Morgan fingerprint density at radius 3 is 2.46 bits per heavy atom. The van der Waals surface area contributed by atoms with Crippen LogP contribution in [0.25, 0.3) is 0 Å². The number of alkyl halides is 2. The van der Waals surface area contributed by atoms with Crippen LogP contribution in [0.4, 0.5) is 42.0 Å². The first-order chi connectivity index (χ1) is 33.1. The lowest BCUT2D eigenvalue weighted by Gasteiger charge is -2.32. The quantitative estimate of drug-likeness (QED) is 0.104. The smallest absolute Gasteiger partial charge is 0.342 e. The van der Waals surface area contributed by atoms with Crippen LogP contribution in [-0.2, 0) is 23.9 Å². The van der Waals surface area contributed by atoms with E-state index in [0.29, 0.717) is 83.8 Å². The molecule has 6 amide bonds. The molecule has 8 rings (SSSR count). The Morgan fingerprint density at radius 2 is 1.72 bits per heavy atom. The number of carbonyl (C=O) groups excluding carboxylic acids is 6. The predicted molar refractivity (Wildman–Crippen MR) is 246 cm³/mol. The number of methoxy groups -OCH3 is 1. The van der Waals surface area contributed by atoms with E-state index in [1.807, 2.05) is 6.92 Å². The van der Waals surface area contributed by atoms with E-state index < -0.39 is 59.8 Å². The molecule has 69 heavy (non-hydrogen) atoms. The highest BCUT2D eigenvalue weighted by molar-refractivity contribution is 6.23. The van der Waals surface area contributed by atoms with Gasteiger partial charge in [-0.05, 0) is 69.7 Å². The molecular weight excluding hydrogens is 906 g/mol. The monoisotopic (exact) mass is 962 g/mol. The molecular formula is C47H57F3N10O9. The van der Waals surface area contributed by atoms with Crippen LogP contribution < -0.4 is 35.8 Å². The summed E-state index contributed by atoms with van der Waals surface area (Å²) in [5.74, 6) is -8.33. The van der Waals surface area contributed by atoms with Crippen molar-refractivity contribution in [3.63, 3.8) is 0 Å². The minimum atomic E-state index is -3.64. The number of likely N-dealkylation sites (tertiary alicyclic amines) is 1. The van der Waals surface area contributed by atoms with Gasteiger partial charge in [0, 0.05) is 70.1 Å². The fourth-order valence-corrected chi connectivity index (χ4v) is 9.45. The lowest BCUT2D eigenvalue weighted by Crippen LogP contribution is -2.54. The number of amides is 6. The summed E-state index contributed by atoms with van der Waals surface area (Å²) in [5, 5.41) is 11.3. The van der Waals surface area contributed by atoms with Gasteiger partial charge in [-0.1, -0.05) is 12.8 Å². The Bertz CT molecular complexity index is 2470. The van der Waals surface area contributed by atoms with E-state index in [4.69, 9.17) is 14.2 Å². The topological polar surface area (TPSA) is 217 Å². The molecule has 2 atom stereocenters. The van der Waals surface area contributed by atoms with E-state index in [0.717, 1.165) is 28.7 Å². The van der Waals surface area contributed by atoms with Crippen LogP contribution >= 0.6 is 0 Å². The zero-order valence-electron chi connectivity index (χ0n) is 38.8. The highest BCUT2D eigenvalue weighted by Crippen LogP contribution is 2.40. The van der Waals surface area contributed by atoms with Crippen LogP contribution in [0.15, 0.2) is 36.5 Å². The summed E-state index contributed by atoms with van der Waals surface area (Å²) in [7, 11) is 2.63. The predicted octanol–water partition coefficient (Wildman–Crippen LogP) is 4.25. The second-order valence-electron chi connectivity index (χ2n) is 18.0. The Kier molecular flexibility index (Phi) is 15.0. The molecule has 4 aliphatic heterocycles. The van der Waals surface area contributed by atoms with Crippen molar-refractivity contribution in [1.82, 2.24) is 30.4 Å². The Labute approximate surface area is 396 Å². The third kappa shape index (κ3) is 10.9. The minimum Gasteiger partial charge on any atom is -0.495 e. The number of hydrogen-bond donors (Lipinski definition) is 4. The lowest BCUT2D eigenvalue weighted by atomic mass is 10.0. The number of ether oxygens (including phenoxy) is 3. The maximum atomic E-state index is 15.6. The molecule has 2 saturated heterocycles. The molecule has 22 heteroatoms. The maximum absolute atomic E-state index is 15.6. The number of nitrogens with zero attached hydrogens (tertiary/aromatic N) is 6. The normalized spacial score (nSPS) is 20.4. The molecule has 370 valence electrons. The van der Waals surface area contributed by atoms with E-state index in [1.165, 1.54) is 31.3 Å². The molecule has 3 aromatic rings. The summed E-state index contributed by atoms with van der Waals surface area (Å²) in [6.45, 7) is 5.08. The fraction of sp³-hybridized carbons (Fsp3) is 0.532. The summed E-state index contributed by atoms with van der Waals surface area (Å²) >= 11 is 0. The average molecular weight is 963 g/mol. The molecule has 19 nitrogen and oxygen atoms in total. The van der Waals surface area contributed by atoms with Gasteiger partial charge < -0.3 is 44.9 Å². The average Bonchev–Trinajstić information content (AvgIpc) is 3.94. The first-order valence-corrected chi connectivity index (χ1v) is 23.4. The van der Waals surface area contributed by atoms with E-state index in [9.17, 15) is 28.8 Å². The summed E-state index contributed by atoms with van der Waals surface area (Å²) < 4.78 is 63.1. The second kappa shape index (κ2) is 21.1. The number of fused-ring (bicyclic) bond motifs is 2. The Morgan fingerprint density at radius 1 is 0.971 bits per heavy atom. The molecule has 3 fully saturated rings. The summed E-state index contributed by atoms with van der Waals surface area (Å²) in [6.07, 6.45) is 6.45. The summed E-state index contributed by atoms with van der Waals surface area (Å²) in [6, 6.07) is 5.77. The largest absolute Gasteiger partial charge is 0.495 e. The van der Waals surface area contributed by atoms with Crippen LogP contribution in [0, 0.1) is 5.82 Å². The number of aromatic nitrogens is 2. The van der Waals surface area contributed by atoms with Gasteiger partial charge in [0.25, 0.3) is 23.6 Å². The van der Waals surface area contributed by atoms with Gasteiger partial charge in [-0.15, -0.1) is 0 Å². The van der Waals surface area contributed by atoms with E-state index in [-0.39, 0.29) is 76.6 Å². The zero-order valence-corrected chi connectivity index (χ0v) is 38.8. The number of halogens is 3. The molecule has 0 spiro atoms. The van der Waals surface area contributed by atoms with E-state index >= 15 is 13.2 Å². The van der Waals surface area contributed by atoms with Gasteiger partial charge in [0.15, 0.2) is 5.82 Å². The number of rotatable bonds is 18. The van der Waals surface area contributed by atoms with Crippen LogP contribution in [0.3, 0.4) is 0 Å². The van der Waals surface area contributed by atoms with Crippen molar-refractivity contribution in [1.29, 1.82) is 0 Å². The van der Waals surface area contributed by atoms with Crippen molar-refractivity contribution in [2.45, 2.75) is 94.9 Å². The molecule has 2 aromatic carbocycles. The fourth-order valence-electron chi connectivity index (χ4n) is 9.45. The Balaban J connectivity index is 0.735. The molecule has 0 radical (unpaired) electrons. The lowest BCUT2D eigenvalue weighted by molar-refractivity contribution is -0.140. The van der Waals surface area contributed by atoms with Gasteiger partial charge in [-0.2, -0.15) is 13.8 Å². The molecule has 4 N–H and O–H groups in total. The van der Waals surface area contributed by atoms with Gasteiger partial charge in [-0.3, -0.25) is 39.0 Å². The number of carbonyl (C=O) groups is 6. The van der Waals surface area contributed by atoms with Crippen molar-refractivity contribution in [3.05, 3.63) is 59.0 Å². The van der Waals surface area contributed by atoms with Crippen molar-refractivity contribution in [2.24, 2.45) is 0 Å². The van der Waals surface area contributed by atoms with Crippen LogP contribution in [-0.4, -0.2) is 152 Å². The van der Waals surface area contributed by atoms with Gasteiger partial charge in [0.1, 0.15) is 23.3 Å². The van der Waals surface area contributed by atoms with Gasteiger partial charge in [0.05, 0.1) is 61.5 Å². The maximum Gasteiger partial charge on any atom is 0.342 e. The highest BCUT2D eigenvalue weighted by atomic mass is 19.3. The third-order valence-corrected chi connectivity index (χ3v) is 13.3. The standard InChI is InChI=1S/C47H57F3N10O9/c1-27(14-19-68-20-15-51-29-8-9-31-32(22-29)44(65)60(43(31)64)36-10-11-39(61)55-42(36)63)69-21-18-58-16-12-28(13-17-58)53-41(62)33-23-38(67-3)35(24-34(33)48)54-46-52-25-37-40(56-46)59(30-6-4-5-7-30)26-47(49,50)45(66)57(37)2/h8-9,22-25,27-28,30,36,51H,4-7,10-21,26H2,1-3H3,(H,53,62)(H,52,54,56)(H,55,61,63). The van der Waals surface area contributed by atoms with E-state index in [2.05, 4.69) is 36.1 Å². The first kappa shape index (κ1) is 49.0. The third-order valence-electron chi connectivity index (χ3n) is 13.3. The van der Waals surface area contributed by atoms with Gasteiger partial charge in [0.2, 0.25) is 17.8 Å². The summed E-state index contributed by atoms with van der Waals surface area (Å²) in [5.41, 5.74) is 1.07. The number of hydrogen-bond acceptors (Lipinski definition) is 15. The number of imide groups is 2. The van der Waals surface area contributed by atoms with Crippen molar-refractivity contribution >= 4 is 64.3 Å². The molecule has 5 heterocycles. The molecule has 1 saturated carbocycles. The van der Waals surface area contributed by atoms with E-state index in [1.54, 1.807) is 18.2 Å². The SMILES string of the molecule is COc1cc(C(=O)NC2CCN(CCOC(C)CCOCCNc3ccc4c(c3)C(=O)N(C3CCC(=O)NC3=O)C4=O)CC2)c(F)cc1Nc1ncc2c(n1)N(C1CCCC1)CC(F)(F)C(=O)N2C. The highest BCUT2D eigenvalue weighted by Gasteiger charge is 2.49. The van der Waals surface area contributed by atoms with Crippen molar-refractivity contribution in [2.75, 3.05) is 87.1 Å². The minimum absolute atomic E-state index is 0.0283.